The number of hydrogen-bond donors (Lipinski definition) is 2. The van der Waals surface area contributed by atoms with Gasteiger partial charge in [-0.05, 0) is 47.5 Å². The van der Waals surface area contributed by atoms with Gasteiger partial charge in [-0.1, -0.05) is 0 Å². The van der Waals surface area contributed by atoms with Gasteiger partial charge in [0.15, 0.2) is 0 Å². The molecule has 0 aromatic carbocycles. The van der Waals surface area contributed by atoms with Crippen LogP contribution in [0.4, 0.5) is 0 Å². The summed E-state index contributed by atoms with van der Waals surface area (Å²) in [6.45, 7) is 0. The van der Waals surface area contributed by atoms with Gasteiger partial charge in [-0.2, -0.15) is 10.5 Å². The minimum atomic E-state index is -1.34. The number of carboxylic acids is 2. The fourth-order valence-electron chi connectivity index (χ4n) is 1.97. The van der Waals surface area contributed by atoms with Crippen LogP contribution in [-0.4, -0.2) is 32.1 Å². The second kappa shape index (κ2) is 7.99. The van der Waals surface area contributed by atoms with Crippen LogP contribution in [0.2, 0.25) is 0 Å². The van der Waals surface area contributed by atoms with Crippen LogP contribution in [0, 0.1) is 22.7 Å². The van der Waals surface area contributed by atoms with E-state index in [1.807, 2.05) is 0 Å². The lowest BCUT2D eigenvalue weighted by Crippen LogP contribution is -1.98. The van der Waals surface area contributed by atoms with Gasteiger partial charge >= 0.3 is 11.9 Å². The number of aromatic nitrogens is 2. The Morgan fingerprint density at radius 2 is 1.23 bits per heavy atom. The molecule has 0 radical (unpaired) electrons. The molecule has 26 heavy (non-hydrogen) atoms. The number of carboxylic acid groups (broad SMARTS) is 2. The molecule has 8 heteroatoms. The Balaban J connectivity index is 2.45. The normalized spacial score (nSPS) is 11.3. The Bertz CT molecular complexity index is 942. The van der Waals surface area contributed by atoms with Crippen molar-refractivity contribution < 1.29 is 19.8 Å². The van der Waals surface area contributed by atoms with Gasteiger partial charge in [0.1, 0.15) is 23.3 Å². The molecular formula is C18H10N4O4. The second-order valence-electron chi connectivity index (χ2n) is 4.90. The van der Waals surface area contributed by atoms with Crippen molar-refractivity contribution in [2.24, 2.45) is 0 Å². The molecule has 0 saturated carbocycles. The zero-order valence-electron chi connectivity index (χ0n) is 13.1. The molecule has 8 nitrogen and oxygen atoms in total. The van der Waals surface area contributed by atoms with Crippen molar-refractivity contribution in [2.45, 2.75) is 0 Å². The highest BCUT2D eigenvalue weighted by Gasteiger charge is 2.09. The topological polar surface area (TPSA) is 148 Å². The molecule has 0 aliphatic heterocycles. The number of nitriles is 2. The first kappa shape index (κ1) is 18.0. The van der Waals surface area contributed by atoms with E-state index in [0.29, 0.717) is 22.5 Å². The number of hydrogen-bond acceptors (Lipinski definition) is 6. The molecule has 2 aromatic rings. The summed E-state index contributed by atoms with van der Waals surface area (Å²) in [5, 5.41) is 35.5. The van der Waals surface area contributed by atoms with Gasteiger partial charge < -0.3 is 10.2 Å². The summed E-state index contributed by atoms with van der Waals surface area (Å²) in [5.74, 6) is -2.68. The highest BCUT2D eigenvalue weighted by molar-refractivity contribution is 5.97. The smallest absolute Gasteiger partial charge is 0.346 e. The number of aliphatic carboxylic acids is 2. The summed E-state index contributed by atoms with van der Waals surface area (Å²) in [7, 11) is 0. The second-order valence-corrected chi connectivity index (χ2v) is 4.90. The van der Waals surface area contributed by atoms with Crippen LogP contribution >= 0.6 is 0 Å². The fraction of sp³-hybridized carbons (Fsp3) is 0. The third-order valence-corrected chi connectivity index (χ3v) is 3.15. The maximum absolute atomic E-state index is 10.9. The van der Waals surface area contributed by atoms with Crippen molar-refractivity contribution in [3.8, 4) is 23.5 Å². The Hall–Kier alpha value is -4.30. The zero-order valence-corrected chi connectivity index (χ0v) is 13.1. The van der Waals surface area contributed by atoms with E-state index in [1.54, 1.807) is 24.3 Å². The molecule has 0 amide bonds. The number of pyridine rings is 2. The lowest BCUT2D eigenvalue weighted by atomic mass is 10.1. The average Bonchev–Trinajstić information content (AvgIpc) is 2.64. The van der Waals surface area contributed by atoms with E-state index >= 15 is 0 Å². The van der Waals surface area contributed by atoms with E-state index in [2.05, 4.69) is 9.97 Å². The van der Waals surface area contributed by atoms with Crippen LogP contribution in [-0.2, 0) is 9.59 Å². The van der Waals surface area contributed by atoms with E-state index in [9.17, 15) is 9.59 Å². The number of nitrogens with zero attached hydrogens (tertiary/aromatic N) is 4. The summed E-state index contributed by atoms with van der Waals surface area (Å²) < 4.78 is 0. The van der Waals surface area contributed by atoms with Crippen LogP contribution in [0.15, 0.2) is 47.8 Å². The highest BCUT2D eigenvalue weighted by atomic mass is 16.4. The quantitative estimate of drug-likeness (QED) is 0.618. The molecule has 0 unspecified atom stereocenters. The number of rotatable bonds is 5. The van der Waals surface area contributed by atoms with Crippen molar-refractivity contribution in [1.29, 1.82) is 10.5 Å². The van der Waals surface area contributed by atoms with Crippen molar-refractivity contribution >= 4 is 24.1 Å². The maximum Gasteiger partial charge on any atom is 0.346 e. The van der Waals surface area contributed by atoms with Gasteiger partial charge in [0.05, 0.1) is 11.4 Å². The zero-order chi connectivity index (χ0) is 19.1. The minimum absolute atomic E-state index is 0.394. The molecule has 0 atom stereocenters. The molecule has 0 aliphatic carbocycles. The van der Waals surface area contributed by atoms with Crippen molar-refractivity contribution in [2.75, 3.05) is 0 Å². The lowest BCUT2D eigenvalue weighted by Gasteiger charge is -2.03. The van der Waals surface area contributed by atoms with Crippen LogP contribution in [0.25, 0.3) is 23.5 Å². The van der Waals surface area contributed by atoms with Gasteiger partial charge in [-0.3, -0.25) is 9.97 Å². The molecule has 2 rings (SSSR count). The SMILES string of the molecule is N#CC(=Cc1ccnc(-c2cc(/C=C(\C#N)C(=O)O)ccn2)c1)C(=O)O. The molecular weight excluding hydrogens is 336 g/mol. The van der Waals surface area contributed by atoms with Crippen molar-refractivity contribution in [3.05, 3.63) is 58.9 Å². The summed E-state index contributed by atoms with van der Waals surface area (Å²) >= 11 is 0. The first-order chi connectivity index (χ1) is 12.4. The molecule has 0 fully saturated rings. The molecule has 0 aliphatic rings. The molecule has 126 valence electrons. The molecule has 0 spiro atoms. The third-order valence-electron chi connectivity index (χ3n) is 3.15. The minimum Gasteiger partial charge on any atom is -0.477 e. The van der Waals surface area contributed by atoms with E-state index in [-0.39, 0.29) is 0 Å². The molecule has 2 aromatic heterocycles. The molecule has 0 bridgehead atoms. The third kappa shape index (κ3) is 4.37. The summed E-state index contributed by atoms with van der Waals surface area (Å²) in [6.07, 6.45) is 5.27. The monoisotopic (exact) mass is 346 g/mol. The largest absolute Gasteiger partial charge is 0.477 e. The van der Waals surface area contributed by atoms with Gasteiger partial charge in [0, 0.05) is 12.4 Å². The fourth-order valence-corrected chi connectivity index (χ4v) is 1.97. The van der Waals surface area contributed by atoms with Crippen LogP contribution in [0.3, 0.4) is 0 Å². The van der Waals surface area contributed by atoms with Crippen LogP contribution in [0.5, 0.6) is 0 Å². The average molecular weight is 346 g/mol. The summed E-state index contributed by atoms with van der Waals surface area (Å²) in [4.78, 5) is 30.1. The summed E-state index contributed by atoms with van der Waals surface area (Å²) in [6, 6.07) is 9.32. The maximum atomic E-state index is 10.9. The van der Waals surface area contributed by atoms with E-state index < -0.39 is 23.1 Å². The van der Waals surface area contributed by atoms with Crippen LogP contribution < -0.4 is 0 Å². The van der Waals surface area contributed by atoms with Crippen LogP contribution in [0.1, 0.15) is 11.1 Å². The summed E-state index contributed by atoms with van der Waals surface area (Å²) in [5.41, 5.74) is 0.828. The van der Waals surface area contributed by atoms with Crippen molar-refractivity contribution in [3.63, 3.8) is 0 Å². The van der Waals surface area contributed by atoms with Gasteiger partial charge in [-0.15, -0.1) is 0 Å². The number of carbonyl (C=O) groups is 2. The molecule has 2 N–H and O–H groups in total. The van der Waals surface area contributed by atoms with E-state index in [1.165, 1.54) is 36.7 Å². The van der Waals surface area contributed by atoms with E-state index in [0.717, 1.165) is 0 Å². The van der Waals surface area contributed by atoms with E-state index in [4.69, 9.17) is 20.7 Å². The Morgan fingerprint density at radius 3 is 1.54 bits per heavy atom. The standard InChI is InChI=1S/C18H10N4O4/c19-9-13(17(23)24)5-11-1-3-21-15(7-11)16-8-12(2-4-22-16)6-14(10-20)18(25)26/h1-8H,(H,23,24)(H,25,26)/b13-5+,14-6?. The first-order valence-corrected chi connectivity index (χ1v) is 7.07. The van der Waals surface area contributed by atoms with Gasteiger partial charge in [0.25, 0.3) is 0 Å². The molecule has 0 saturated heterocycles. The van der Waals surface area contributed by atoms with Crippen molar-refractivity contribution in [1.82, 2.24) is 9.97 Å². The predicted molar refractivity (Wildman–Crippen MR) is 89.9 cm³/mol. The Labute approximate surface area is 147 Å². The first-order valence-electron chi connectivity index (χ1n) is 7.07. The highest BCUT2D eigenvalue weighted by Crippen LogP contribution is 2.19. The van der Waals surface area contributed by atoms with Gasteiger partial charge in [-0.25, -0.2) is 9.59 Å². The van der Waals surface area contributed by atoms with Gasteiger partial charge in [0.2, 0.25) is 0 Å². The Morgan fingerprint density at radius 1 is 0.846 bits per heavy atom. The lowest BCUT2D eigenvalue weighted by molar-refractivity contribution is -0.133. The predicted octanol–water partition coefficient (Wildman–Crippen LogP) is 2.13. The Kier molecular flexibility index (Phi) is 5.55. The molecule has 2 heterocycles.